The van der Waals surface area contributed by atoms with E-state index in [0.29, 0.717) is 30.8 Å². The highest BCUT2D eigenvalue weighted by molar-refractivity contribution is 5.78. The minimum Gasteiger partial charge on any atom is -0.504 e. The second-order valence-corrected chi connectivity index (χ2v) is 4.82. The lowest BCUT2D eigenvalue weighted by Crippen LogP contribution is -2.00. The third-order valence-electron chi connectivity index (χ3n) is 3.17. The lowest BCUT2D eigenvalue weighted by Gasteiger charge is -2.06. The second kappa shape index (κ2) is 9.18. The van der Waals surface area contributed by atoms with Crippen molar-refractivity contribution in [1.29, 1.82) is 0 Å². The Labute approximate surface area is 121 Å². The maximum absolute atomic E-state index is 11.8. The Bertz CT molecular complexity index is 450. The summed E-state index contributed by atoms with van der Waals surface area (Å²) in [7, 11) is 1.52. The van der Waals surface area contributed by atoms with Crippen molar-refractivity contribution in [2.24, 2.45) is 0 Å². The number of aryl methyl sites for hydroxylation is 1. The lowest BCUT2D eigenvalue weighted by molar-refractivity contribution is -0.119. The van der Waals surface area contributed by atoms with Crippen molar-refractivity contribution in [3.63, 3.8) is 0 Å². The number of phenolic OH excluding ortho intramolecular Hbond substituents is 1. The number of ketones is 1. The van der Waals surface area contributed by atoms with Gasteiger partial charge in [0, 0.05) is 12.8 Å². The maximum atomic E-state index is 11.8. The van der Waals surface area contributed by atoms with Crippen molar-refractivity contribution in [2.75, 3.05) is 7.11 Å². The Hall–Kier alpha value is -1.77. The monoisotopic (exact) mass is 276 g/mol. The van der Waals surface area contributed by atoms with E-state index in [0.717, 1.165) is 24.8 Å². The standard InChI is InChI=1S/C17H24O3/c1-3-4-5-6-7-8-15(18)11-9-14-10-12-16(19)17(13-14)20-2/h4-5,10,12-13,19H,3,6-9,11H2,1-2H3/b5-4+. The number of phenols is 1. The molecule has 0 saturated carbocycles. The molecule has 0 fully saturated rings. The summed E-state index contributed by atoms with van der Waals surface area (Å²) in [6, 6.07) is 5.22. The number of aromatic hydroxyl groups is 1. The maximum Gasteiger partial charge on any atom is 0.160 e. The van der Waals surface area contributed by atoms with Gasteiger partial charge in [0.15, 0.2) is 11.5 Å². The quantitative estimate of drug-likeness (QED) is 0.547. The van der Waals surface area contributed by atoms with Crippen molar-refractivity contribution in [3.05, 3.63) is 35.9 Å². The Morgan fingerprint density at radius 3 is 2.80 bits per heavy atom. The number of carbonyl (C=O) groups excluding carboxylic acids is 1. The van der Waals surface area contributed by atoms with Gasteiger partial charge < -0.3 is 9.84 Å². The van der Waals surface area contributed by atoms with Gasteiger partial charge in [0.2, 0.25) is 0 Å². The van der Waals surface area contributed by atoms with E-state index in [1.807, 2.05) is 6.07 Å². The summed E-state index contributed by atoms with van der Waals surface area (Å²) in [5.41, 5.74) is 1.01. The minimum atomic E-state index is 0.130. The first-order valence-corrected chi connectivity index (χ1v) is 7.20. The van der Waals surface area contributed by atoms with Crippen LogP contribution in [-0.4, -0.2) is 18.0 Å². The molecule has 0 amide bonds. The number of benzene rings is 1. The summed E-state index contributed by atoms with van der Waals surface area (Å²) in [5, 5.41) is 9.50. The SMILES string of the molecule is CC/C=C/CCCC(=O)CCc1ccc(O)c(OC)c1. The molecule has 0 aliphatic carbocycles. The summed E-state index contributed by atoms with van der Waals surface area (Å²) < 4.78 is 5.05. The van der Waals surface area contributed by atoms with Crippen LogP contribution in [-0.2, 0) is 11.2 Å². The third kappa shape index (κ3) is 5.91. The lowest BCUT2D eigenvalue weighted by atomic mass is 10.0. The smallest absolute Gasteiger partial charge is 0.160 e. The van der Waals surface area contributed by atoms with Gasteiger partial charge in [0.1, 0.15) is 5.78 Å². The summed E-state index contributed by atoms with van der Waals surface area (Å²) in [6.07, 6.45) is 9.11. The molecule has 0 aliphatic heterocycles. The first-order chi connectivity index (χ1) is 9.67. The Morgan fingerprint density at radius 2 is 2.10 bits per heavy atom. The molecular weight excluding hydrogens is 252 g/mol. The first-order valence-electron chi connectivity index (χ1n) is 7.20. The average Bonchev–Trinajstić information content (AvgIpc) is 2.46. The molecule has 0 aromatic heterocycles. The molecule has 0 unspecified atom stereocenters. The number of allylic oxidation sites excluding steroid dienone is 2. The van der Waals surface area contributed by atoms with Crippen LogP contribution >= 0.6 is 0 Å². The fraction of sp³-hybridized carbons (Fsp3) is 0.471. The number of unbranched alkanes of at least 4 members (excludes halogenated alkanes) is 1. The van der Waals surface area contributed by atoms with E-state index in [9.17, 15) is 9.90 Å². The van der Waals surface area contributed by atoms with Crippen molar-refractivity contribution in [2.45, 2.75) is 45.4 Å². The first kappa shape index (κ1) is 16.3. The van der Waals surface area contributed by atoms with Crippen molar-refractivity contribution >= 4 is 5.78 Å². The molecule has 0 heterocycles. The average molecular weight is 276 g/mol. The van der Waals surface area contributed by atoms with Gasteiger partial charge in [-0.1, -0.05) is 25.1 Å². The van der Waals surface area contributed by atoms with E-state index >= 15 is 0 Å². The van der Waals surface area contributed by atoms with Gasteiger partial charge in [-0.05, 0) is 43.4 Å². The number of rotatable bonds is 9. The number of ether oxygens (including phenoxy) is 1. The molecule has 0 saturated heterocycles. The molecule has 3 heteroatoms. The van der Waals surface area contributed by atoms with Crippen LogP contribution in [0.3, 0.4) is 0 Å². The minimum absolute atomic E-state index is 0.130. The van der Waals surface area contributed by atoms with Crippen LogP contribution in [0, 0.1) is 0 Å². The number of hydrogen-bond acceptors (Lipinski definition) is 3. The summed E-state index contributed by atoms with van der Waals surface area (Å²) >= 11 is 0. The highest BCUT2D eigenvalue weighted by atomic mass is 16.5. The number of methoxy groups -OCH3 is 1. The predicted octanol–water partition coefficient (Wildman–Crippen LogP) is 4.04. The molecule has 0 spiro atoms. The normalized spacial score (nSPS) is 10.9. The molecule has 1 aromatic carbocycles. The van der Waals surface area contributed by atoms with E-state index in [2.05, 4.69) is 19.1 Å². The van der Waals surface area contributed by atoms with Crippen LogP contribution in [0.25, 0.3) is 0 Å². The van der Waals surface area contributed by atoms with E-state index < -0.39 is 0 Å². The highest BCUT2D eigenvalue weighted by Crippen LogP contribution is 2.26. The largest absolute Gasteiger partial charge is 0.504 e. The zero-order valence-electron chi connectivity index (χ0n) is 12.4. The molecule has 0 radical (unpaired) electrons. The van der Waals surface area contributed by atoms with Crippen LogP contribution < -0.4 is 4.74 Å². The molecule has 1 N–H and O–H groups in total. The van der Waals surface area contributed by atoms with Crippen LogP contribution in [0.1, 0.15) is 44.6 Å². The molecule has 3 nitrogen and oxygen atoms in total. The second-order valence-electron chi connectivity index (χ2n) is 4.82. The van der Waals surface area contributed by atoms with Gasteiger partial charge in [-0.15, -0.1) is 0 Å². The fourth-order valence-electron chi connectivity index (χ4n) is 1.99. The van der Waals surface area contributed by atoms with Gasteiger partial charge in [-0.3, -0.25) is 4.79 Å². The molecule has 110 valence electrons. The number of Topliss-reactive ketones (excluding diaryl/α,β-unsaturated/α-hetero) is 1. The zero-order valence-corrected chi connectivity index (χ0v) is 12.4. The fourth-order valence-corrected chi connectivity index (χ4v) is 1.99. The van der Waals surface area contributed by atoms with Crippen molar-refractivity contribution in [3.8, 4) is 11.5 Å². The molecule has 20 heavy (non-hydrogen) atoms. The molecule has 0 aliphatic rings. The summed E-state index contributed by atoms with van der Waals surface area (Å²) in [6.45, 7) is 2.10. The van der Waals surface area contributed by atoms with Crippen LogP contribution in [0.2, 0.25) is 0 Å². The van der Waals surface area contributed by atoms with Gasteiger partial charge >= 0.3 is 0 Å². The van der Waals surface area contributed by atoms with Gasteiger partial charge in [0.25, 0.3) is 0 Å². The highest BCUT2D eigenvalue weighted by Gasteiger charge is 2.05. The summed E-state index contributed by atoms with van der Waals surface area (Å²) in [5.74, 6) is 0.881. The molecular formula is C17H24O3. The topological polar surface area (TPSA) is 46.5 Å². The van der Waals surface area contributed by atoms with Gasteiger partial charge in [0.05, 0.1) is 7.11 Å². The Morgan fingerprint density at radius 1 is 1.30 bits per heavy atom. The van der Waals surface area contributed by atoms with Crippen LogP contribution in [0.5, 0.6) is 11.5 Å². The van der Waals surface area contributed by atoms with E-state index in [-0.39, 0.29) is 5.75 Å². The van der Waals surface area contributed by atoms with Crippen molar-refractivity contribution < 1.29 is 14.6 Å². The molecule has 0 bridgehead atoms. The number of carbonyl (C=O) groups is 1. The Balaban J connectivity index is 2.32. The molecule has 1 aromatic rings. The van der Waals surface area contributed by atoms with E-state index in [4.69, 9.17) is 4.74 Å². The van der Waals surface area contributed by atoms with Crippen LogP contribution in [0.4, 0.5) is 0 Å². The Kier molecular flexibility index (Phi) is 7.48. The number of hydrogen-bond donors (Lipinski definition) is 1. The van der Waals surface area contributed by atoms with E-state index in [1.165, 1.54) is 7.11 Å². The zero-order chi connectivity index (χ0) is 14.8. The predicted molar refractivity (Wildman–Crippen MR) is 81.3 cm³/mol. The van der Waals surface area contributed by atoms with Gasteiger partial charge in [-0.2, -0.15) is 0 Å². The third-order valence-corrected chi connectivity index (χ3v) is 3.17. The van der Waals surface area contributed by atoms with Crippen molar-refractivity contribution in [1.82, 2.24) is 0 Å². The van der Waals surface area contributed by atoms with Crippen LogP contribution in [0.15, 0.2) is 30.4 Å². The summed E-state index contributed by atoms with van der Waals surface area (Å²) in [4.78, 5) is 11.8. The van der Waals surface area contributed by atoms with E-state index in [1.54, 1.807) is 12.1 Å². The molecule has 1 rings (SSSR count). The molecule has 0 atom stereocenters. The van der Waals surface area contributed by atoms with Gasteiger partial charge in [-0.25, -0.2) is 0 Å².